The lowest BCUT2D eigenvalue weighted by atomic mass is 10.3. The summed E-state index contributed by atoms with van der Waals surface area (Å²) in [5, 5.41) is 8.82. The van der Waals surface area contributed by atoms with E-state index in [-0.39, 0.29) is 18.5 Å². The maximum Gasteiger partial charge on any atom is 0.323 e. The van der Waals surface area contributed by atoms with Crippen molar-refractivity contribution in [3.05, 3.63) is 22.4 Å². The molecule has 6 heteroatoms. The van der Waals surface area contributed by atoms with Crippen LogP contribution >= 0.6 is 15.9 Å². The molecule has 0 aliphatic heterocycles. The van der Waals surface area contributed by atoms with Crippen LogP contribution < -0.4 is 0 Å². The van der Waals surface area contributed by atoms with Gasteiger partial charge in [0.1, 0.15) is 12.2 Å². The monoisotopic (exact) mass is 300 g/mol. The quantitative estimate of drug-likeness (QED) is 0.916. The number of carbonyl (C=O) groups excluding carboxylic acids is 1. The van der Waals surface area contributed by atoms with Crippen LogP contribution in [0.1, 0.15) is 23.3 Å². The topological polar surface area (TPSA) is 62.5 Å². The molecular weight excluding hydrogens is 288 g/mol. The van der Waals surface area contributed by atoms with Crippen LogP contribution in [0.25, 0.3) is 0 Å². The highest BCUT2D eigenvalue weighted by Crippen LogP contribution is 2.28. The first kappa shape index (κ1) is 12.2. The molecule has 1 aromatic heterocycles. The van der Waals surface area contributed by atoms with E-state index in [1.54, 1.807) is 23.9 Å². The van der Waals surface area contributed by atoms with E-state index in [9.17, 15) is 9.59 Å². The Bertz CT molecular complexity index is 465. The molecule has 1 saturated carbocycles. The number of amides is 1. The number of hydrogen-bond acceptors (Lipinski definition) is 2. The lowest BCUT2D eigenvalue weighted by Crippen LogP contribution is -2.38. The van der Waals surface area contributed by atoms with Gasteiger partial charge in [0.15, 0.2) is 0 Å². The third-order valence-electron chi connectivity index (χ3n) is 2.74. The average molecular weight is 301 g/mol. The Morgan fingerprint density at radius 2 is 2.24 bits per heavy atom. The van der Waals surface area contributed by atoms with E-state index in [1.807, 2.05) is 0 Å². The Morgan fingerprint density at radius 1 is 1.59 bits per heavy atom. The number of carbonyl (C=O) groups is 2. The number of nitrogens with zero attached hydrogens (tertiary/aromatic N) is 2. The number of carboxylic acids is 1. The molecule has 1 heterocycles. The predicted octanol–water partition coefficient (Wildman–Crippen LogP) is 1.48. The predicted molar refractivity (Wildman–Crippen MR) is 64.8 cm³/mol. The van der Waals surface area contributed by atoms with E-state index in [2.05, 4.69) is 15.9 Å². The van der Waals surface area contributed by atoms with Gasteiger partial charge >= 0.3 is 5.97 Å². The van der Waals surface area contributed by atoms with E-state index >= 15 is 0 Å². The van der Waals surface area contributed by atoms with Crippen LogP contribution in [0.2, 0.25) is 0 Å². The van der Waals surface area contributed by atoms with E-state index in [4.69, 9.17) is 5.11 Å². The van der Waals surface area contributed by atoms with E-state index in [0.29, 0.717) is 5.69 Å². The summed E-state index contributed by atoms with van der Waals surface area (Å²) in [6, 6.07) is 1.80. The standard InChI is InChI=1S/C11H13BrN2O3/c1-13-5-7(12)4-9(13)11(17)14(6-10(15)16)8-2-3-8/h4-5,8H,2-3,6H2,1H3,(H,15,16). The van der Waals surface area contributed by atoms with Gasteiger partial charge in [0, 0.05) is 23.8 Å². The van der Waals surface area contributed by atoms with Crippen molar-refractivity contribution in [2.75, 3.05) is 6.54 Å². The van der Waals surface area contributed by atoms with Crippen molar-refractivity contribution >= 4 is 27.8 Å². The fraction of sp³-hybridized carbons (Fsp3) is 0.455. The van der Waals surface area contributed by atoms with Crippen LogP contribution in [0.3, 0.4) is 0 Å². The maximum atomic E-state index is 12.2. The third-order valence-corrected chi connectivity index (χ3v) is 3.18. The van der Waals surface area contributed by atoms with Gasteiger partial charge in [0.05, 0.1) is 0 Å². The molecule has 1 amide bonds. The van der Waals surface area contributed by atoms with E-state index in [1.165, 1.54) is 4.90 Å². The molecule has 17 heavy (non-hydrogen) atoms. The third kappa shape index (κ3) is 2.69. The molecular formula is C11H13BrN2O3. The molecule has 0 saturated heterocycles. The first-order chi connectivity index (χ1) is 7.99. The van der Waals surface area contributed by atoms with Crippen molar-refractivity contribution < 1.29 is 14.7 Å². The van der Waals surface area contributed by atoms with Crippen LogP contribution in [-0.4, -0.2) is 39.0 Å². The number of carboxylic acid groups (broad SMARTS) is 1. The fourth-order valence-corrected chi connectivity index (χ4v) is 2.31. The first-order valence-electron chi connectivity index (χ1n) is 5.33. The number of hydrogen-bond donors (Lipinski definition) is 1. The highest BCUT2D eigenvalue weighted by molar-refractivity contribution is 9.10. The summed E-state index contributed by atoms with van der Waals surface area (Å²) in [7, 11) is 1.77. The molecule has 0 aromatic carbocycles. The maximum absolute atomic E-state index is 12.2. The van der Waals surface area contributed by atoms with Crippen molar-refractivity contribution in [1.82, 2.24) is 9.47 Å². The second kappa shape index (κ2) is 4.52. The number of aryl methyl sites for hydroxylation is 1. The Labute approximate surface area is 107 Å². The molecule has 92 valence electrons. The second-order valence-electron chi connectivity index (χ2n) is 4.21. The Kier molecular flexibility index (Phi) is 3.24. The zero-order valence-electron chi connectivity index (χ0n) is 9.39. The summed E-state index contributed by atoms with van der Waals surface area (Å²) < 4.78 is 2.51. The molecule has 1 fully saturated rings. The highest BCUT2D eigenvalue weighted by Gasteiger charge is 2.35. The molecule has 5 nitrogen and oxygen atoms in total. The Hall–Kier alpha value is -1.30. The van der Waals surface area contributed by atoms with Gasteiger partial charge in [0.2, 0.25) is 0 Å². The number of halogens is 1. The minimum absolute atomic E-state index is 0.0901. The van der Waals surface area contributed by atoms with Gasteiger partial charge in [-0.3, -0.25) is 9.59 Å². The lowest BCUT2D eigenvalue weighted by molar-refractivity contribution is -0.137. The molecule has 1 aromatic rings. The molecule has 0 unspecified atom stereocenters. The normalized spacial score (nSPS) is 14.7. The number of aromatic nitrogens is 1. The van der Waals surface area contributed by atoms with Crippen molar-refractivity contribution in [3.63, 3.8) is 0 Å². The van der Waals surface area contributed by atoms with Crippen LogP contribution in [0.15, 0.2) is 16.7 Å². The van der Waals surface area contributed by atoms with Crippen molar-refractivity contribution in [1.29, 1.82) is 0 Å². The summed E-state index contributed by atoms with van der Waals surface area (Å²) >= 11 is 3.30. The van der Waals surface area contributed by atoms with Crippen molar-refractivity contribution in [3.8, 4) is 0 Å². The van der Waals surface area contributed by atoms with Crippen LogP contribution in [0.5, 0.6) is 0 Å². The first-order valence-corrected chi connectivity index (χ1v) is 6.13. The van der Waals surface area contributed by atoms with Crippen LogP contribution in [0.4, 0.5) is 0 Å². The molecule has 0 atom stereocenters. The lowest BCUT2D eigenvalue weighted by Gasteiger charge is -2.20. The molecule has 1 aliphatic rings. The summed E-state index contributed by atoms with van der Waals surface area (Å²) in [5.74, 6) is -1.19. The van der Waals surface area contributed by atoms with Crippen molar-refractivity contribution in [2.45, 2.75) is 18.9 Å². The minimum Gasteiger partial charge on any atom is -0.480 e. The minimum atomic E-state index is -0.974. The summed E-state index contributed by atoms with van der Waals surface area (Å²) in [5.41, 5.74) is 0.505. The molecule has 0 bridgehead atoms. The zero-order chi connectivity index (χ0) is 12.6. The molecule has 1 aliphatic carbocycles. The largest absolute Gasteiger partial charge is 0.480 e. The average Bonchev–Trinajstić information content (AvgIpc) is 3.00. The molecule has 0 radical (unpaired) electrons. The van der Waals surface area contributed by atoms with E-state index in [0.717, 1.165) is 17.3 Å². The molecule has 0 spiro atoms. The van der Waals surface area contributed by atoms with Gasteiger partial charge in [0.25, 0.3) is 5.91 Å². The number of rotatable bonds is 4. The zero-order valence-corrected chi connectivity index (χ0v) is 11.0. The Morgan fingerprint density at radius 3 is 2.65 bits per heavy atom. The van der Waals surface area contributed by atoms with E-state index < -0.39 is 5.97 Å². The van der Waals surface area contributed by atoms with Gasteiger partial charge < -0.3 is 14.6 Å². The molecule has 2 rings (SSSR count). The fourth-order valence-electron chi connectivity index (χ4n) is 1.78. The van der Waals surface area contributed by atoms with Gasteiger partial charge in [-0.2, -0.15) is 0 Å². The van der Waals surface area contributed by atoms with Crippen LogP contribution in [-0.2, 0) is 11.8 Å². The van der Waals surface area contributed by atoms with Crippen molar-refractivity contribution in [2.24, 2.45) is 7.05 Å². The van der Waals surface area contributed by atoms with Crippen LogP contribution in [0, 0.1) is 0 Å². The number of aliphatic carboxylic acids is 1. The van der Waals surface area contributed by atoms with Gasteiger partial charge in [-0.25, -0.2) is 0 Å². The SMILES string of the molecule is Cn1cc(Br)cc1C(=O)N(CC(=O)O)C1CC1. The smallest absolute Gasteiger partial charge is 0.323 e. The summed E-state index contributed by atoms with van der Waals surface area (Å²) in [6.07, 6.45) is 3.56. The second-order valence-corrected chi connectivity index (χ2v) is 5.13. The summed E-state index contributed by atoms with van der Waals surface area (Å²) in [4.78, 5) is 24.4. The Balaban J connectivity index is 2.21. The summed E-state index contributed by atoms with van der Waals surface area (Å²) in [6.45, 7) is -0.230. The molecule has 1 N–H and O–H groups in total. The van der Waals surface area contributed by atoms with Gasteiger partial charge in [-0.15, -0.1) is 0 Å². The van der Waals surface area contributed by atoms with Gasteiger partial charge in [-0.1, -0.05) is 0 Å². The van der Waals surface area contributed by atoms with Gasteiger partial charge in [-0.05, 0) is 34.8 Å². The highest BCUT2D eigenvalue weighted by atomic mass is 79.9.